The van der Waals surface area contributed by atoms with Crippen molar-refractivity contribution in [3.63, 3.8) is 0 Å². The summed E-state index contributed by atoms with van der Waals surface area (Å²) in [5, 5.41) is 10.6. The van der Waals surface area contributed by atoms with E-state index in [1.165, 1.54) is 0 Å². The van der Waals surface area contributed by atoms with Crippen LogP contribution in [0.3, 0.4) is 0 Å². The lowest BCUT2D eigenvalue weighted by atomic mass is 10.2. The summed E-state index contributed by atoms with van der Waals surface area (Å²) in [5.41, 5.74) is 3.07. The molecular weight excluding hydrogens is 484 g/mol. The van der Waals surface area contributed by atoms with Crippen molar-refractivity contribution in [2.75, 3.05) is 13.2 Å². The van der Waals surface area contributed by atoms with Crippen LogP contribution in [0.25, 0.3) is 31.5 Å². The molecule has 0 amide bonds. The van der Waals surface area contributed by atoms with Crippen LogP contribution in [0.4, 0.5) is 11.4 Å². The number of ether oxygens (including phenoxy) is 2. The lowest BCUT2D eigenvalue weighted by Gasteiger charge is -2.04. The summed E-state index contributed by atoms with van der Waals surface area (Å²) in [7, 11) is 0. The van der Waals surface area contributed by atoms with Crippen LogP contribution in [0, 0.1) is 13.1 Å². The molecule has 0 saturated heterocycles. The predicted molar refractivity (Wildman–Crippen MR) is 144 cm³/mol. The zero-order chi connectivity index (χ0) is 27.3. The number of aryl methyl sites for hydroxylation is 2. The van der Waals surface area contributed by atoms with Gasteiger partial charge in [-0.05, 0) is 51.0 Å². The van der Waals surface area contributed by atoms with E-state index in [-0.39, 0.29) is 11.9 Å². The maximum Gasteiger partial charge on any atom is 0.305 e. The zero-order valence-electron chi connectivity index (χ0n) is 21.6. The highest BCUT2D eigenvalue weighted by atomic mass is 16.5. The number of fused-ring (bicyclic) bond motifs is 2. The Balaban J connectivity index is 0.000000211. The second-order valence-corrected chi connectivity index (χ2v) is 8.29. The Morgan fingerprint density at radius 2 is 1.47 bits per heavy atom. The van der Waals surface area contributed by atoms with Crippen LogP contribution in [0.1, 0.15) is 39.5 Å². The smallest absolute Gasteiger partial charge is 0.305 e. The average molecular weight is 515 g/mol. The first-order chi connectivity index (χ1) is 18.5. The molecule has 0 saturated carbocycles. The van der Waals surface area contributed by atoms with Crippen molar-refractivity contribution >= 4 is 45.1 Å². The fourth-order valence-electron chi connectivity index (χ4n) is 3.80. The first-order valence-corrected chi connectivity index (χ1v) is 12.5. The Morgan fingerprint density at radius 3 is 2.11 bits per heavy atom. The van der Waals surface area contributed by atoms with Crippen molar-refractivity contribution in [3.05, 3.63) is 71.6 Å². The fraction of sp³-hybridized carbons (Fsp3) is 0.357. The third-order valence-corrected chi connectivity index (χ3v) is 5.55. The zero-order valence-corrected chi connectivity index (χ0v) is 21.6. The summed E-state index contributed by atoms with van der Waals surface area (Å²) in [6.45, 7) is 19.7. The molecule has 4 rings (SSSR count). The van der Waals surface area contributed by atoms with Crippen molar-refractivity contribution < 1.29 is 19.1 Å². The molecule has 0 atom stereocenters. The van der Waals surface area contributed by atoms with Gasteiger partial charge in [0.2, 0.25) is 0 Å². The molecule has 0 bridgehead atoms. The first kappa shape index (κ1) is 27.9. The summed E-state index contributed by atoms with van der Waals surface area (Å²) in [6, 6.07) is 10.9. The molecular formula is C28H30N6O4. The fourth-order valence-corrected chi connectivity index (χ4v) is 3.80. The minimum Gasteiger partial charge on any atom is -0.466 e. The van der Waals surface area contributed by atoms with Crippen molar-refractivity contribution in [2.24, 2.45) is 0 Å². The maximum absolute atomic E-state index is 11.2. The van der Waals surface area contributed by atoms with E-state index in [1.807, 2.05) is 35.1 Å². The van der Waals surface area contributed by atoms with Crippen LogP contribution in [0.2, 0.25) is 0 Å². The van der Waals surface area contributed by atoms with Crippen LogP contribution in [0.5, 0.6) is 0 Å². The maximum atomic E-state index is 11.2. The van der Waals surface area contributed by atoms with Gasteiger partial charge < -0.3 is 9.47 Å². The normalized spacial score (nSPS) is 10.3. The van der Waals surface area contributed by atoms with Gasteiger partial charge in [0.15, 0.2) is 11.4 Å². The van der Waals surface area contributed by atoms with Gasteiger partial charge in [0.1, 0.15) is 0 Å². The first-order valence-electron chi connectivity index (χ1n) is 12.5. The lowest BCUT2D eigenvalue weighted by molar-refractivity contribution is -0.144. The second kappa shape index (κ2) is 14.1. The van der Waals surface area contributed by atoms with E-state index >= 15 is 0 Å². The van der Waals surface area contributed by atoms with Crippen molar-refractivity contribution in [1.29, 1.82) is 0 Å². The number of carbonyl (C=O) groups is 2. The molecule has 10 heteroatoms. The molecule has 0 aliphatic rings. The van der Waals surface area contributed by atoms with Crippen LogP contribution in [-0.4, -0.2) is 44.7 Å². The molecule has 0 N–H and O–H groups in total. The molecule has 2 aromatic heterocycles. The van der Waals surface area contributed by atoms with Gasteiger partial charge in [-0.1, -0.05) is 12.1 Å². The molecule has 38 heavy (non-hydrogen) atoms. The quantitative estimate of drug-likeness (QED) is 0.194. The van der Waals surface area contributed by atoms with E-state index in [9.17, 15) is 9.59 Å². The predicted octanol–water partition coefficient (Wildman–Crippen LogP) is 5.86. The van der Waals surface area contributed by atoms with Gasteiger partial charge in [0, 0.05) is 42.9 Å². The molecule has 0 aliphatic carbocycles. The van der Waals surface area contributed by atoms with E-state index in [0.29, 0.717) is 63.4 Å². The Kier molecular flexibility index (Phi) is 10.4. The summed E-state index contributed by atoms with van der Waals surface area (Å²) < 4.78 is 13.4. The monoisotopic (exact) mass is 514 g/mol. The molecule has 10 nitrogen and oxygen atoms in total. The summed E-state index contributed by atoms with van der Waals surface area (Å²) in [6.07, 6.45) is 5.83. The van der Waals surface area contributed by atoms with Crippen LogP contribution in [0.15, 0.2) is 48.8 Å². The van der Waals surface area contributed by atoms with Gasteiger partial charge in [0.05, 0.1) is 43.6 Å². The molecule has 4 aromatic rings. The van der Waals surface area contributed by atoms with Gasteiger partial charge in [0.25, 0.3) is 0 Å². The van der Waals surface area contributed by atoms with Crippen LogP contribution >= 0.6 is 0 Å². The van der Waals surface area contributed by atoms with E-state index in [4.69, 9.17) is 22.6 Å². The molecule has 196 valence electrons. The number of carbonyl (C=O) groups excluding carboxylic acids is 2. The van der Waals surface area contributed by atoms with Gasteiger partial charge in [-0.3, -0.25) is 19.0 Å². The minimum absolute atomic E-state index is 0.172. The van der Waals surface area contributed by atoms with Gasteiger partial charge in [-0.25, -0.2) is 9.69 Å². The Bertz CT molecular complexity index is 1450. The van der Waals surface area contributed by atoms with Gasteiger partial charge >= 0.3 is 11.9 Å². The van der Waals surface area contributed by atoms with E-state index < -0.39 is 0 Å². The highest BCUT2D eigenvalue weighted by molar-refractivity contribution is 5.83. The average Bonchev–Trinajstić information content (AvgIpc) is 3.52. The number of hydrogen-bond donors (Lipinski definition) is 0. The van der Waals surface area contributed by atoms with E-state index in [2.05, 4.69) is 19.9 Å². The number of benzene rings is 2. The molecule has 0 unspecified atom stereocenters. The standard InChI is InChI=1S/2C14H15N3O2/c1-3-19-14(18)5-4-8-17-10-11-9-12(15-2)6-7-13(11)16-17;1-3-19-14(18)5-4-8-17-13-7-6-12(15-2)9-11(13)10-16-17/h2*6-7,9-10H,3-5,8H2,1H3. The van der Waals surface area contributed by atoms with Crippen molar-refractivity contribution in [3.8, 4) is 0 Å². The third-order valence-electron chi connectivity index (χ3n) is 5.55. The largest absolute Gasteiger partial charge is 0.466 e. The topological polar surface area (TPSA) is 97.0 Å². The van der Waals surface area contributed by atoms with Crippen molar-refractivity contribution in [1.82, 2.24) is 19.6 Å². The SMILES string of the molecule is [C-]#[N+]c1ccc2c(cnn2CCCC(=O)OCC)c1.[C-]#[N+]c1ccc2nn(CCCC(=O)OCC)cc2c1. The molecule has 0 spiro atoms. The van der Waals surface area contributed by atoms with Crippen LogP contribution in [-0.2, 0) is 32.2 Å². The van der Waals surface area contributed by atoms with Gasteiger partial charge in [-0.15, -0.1) is 0 Å². The lowest BCUT2D eigenvalue weighted by Crippen LogP contribution is -2.07. The molecule has 2 aromatic carbocycles. The van der Waals surface area contributed by atoms with Crippen LogP contribution < -0.4 is 0 Å². The van der Waals surface area contributed by atoms with E-state index in [0.717, 1.165) is 21.8 Å². The Hall–Kier alpha value is -4.70. The van der Waals surface area contributed by atoms with Gasteiger partial charge in [-0.2, -0.15) is 10.2 Å². The second-order valence-electron chi connectivity index (χ2n) is 8.29. The molecule has 0 radical (unpaired) electrons. The number of nitrogens with zero attached hydrogens (tertiary/aromatic N) is 6. The number of rotatable bonds is 10. The summed E-state index contributed by atoms with van der Waals surface area (Å²) in [4.78, 5) is 29.2. The van der Waals surface area contributed by atoms with Crippen molar-refractivity contribution in [2.45, 2.75) is 52.6 Å². The Morgan fingerprint density at radius 1 is 0.868 bits per heavy atom. The molecule has 0 fully saturated rings. The molecule has 0 aliphatic heterocycles. The highest BCUT2D eigenvalue weighted by Crippen LogP contribution is 2.22. The molecule has 2 heterocycles. The number of hydrogen-bond acceptors (Lipinski definition) is 6. The number of esters is 2. The Labute approximate surface area is 221 Å². The number of aromatic nitrogens is 4. The summed E-state index contributed by atoms with van der Waals surface area (Å²) >= 11 is 0. The summed E-state index contributed by atoms with van der Waals surface area (Å²) in [5.74, 6) is -0.344. The highest BCUT2D eigenvalue weighted by Gasteiger charge is 2.06. The van der Waals surface area contributed by atoms with E-state index in [1.54, 1.807) is 36.9 Å². The minimum atomic E-state index is -0.172. The third kappa shape index (κ3) is 7.90.